The van der Waals surface area contributed by atoms with E-state index < -0.39 is 11.9 Å². The molecule has 0 atom stereocenters. The van der Waals surface area contributed by atoms with Gasteiger partial charge in [0.05, 0.1) is 22.3 Å². The molecule has 0 saturated carbocycles. The van der Waals surface area contributed by atoms with Gasteiger partial charge < -0.3 is 24.1 Å². The summed E-state index contributed by atoms with van der Waals surface area (Å²) in [6.45, 7) is 5.16. The van der Waals surface area contributed by atoms with Crippen molar-refractivity contribution in [2.24, 2.45) is 5.73 Å². The molecule has 3 aromatic heterocycles. The van der Waals surface area contributed by atoms with Crippen LogP contribution in [0.3, 0.4) is 0 Å². The minimum Gasteiger partial charge on any atom is -0.484 e. The average molecular weight is 435 g/mol. The van der Waals surface area contributed by atoms with Gasteiger partial charge in [0.1, 0.15) is 23.9 Å². The molecule has 164 valence electrons. The van der Waals surface area contributed by atoms with Crippen molar-refractivity contribution < 1.29 is 28.0 Å². The Bertz CT molecular complexity index is 1320. The van der Waals surface area contributed by atoms with E-state index in [0.717, 1.165) is 11.3 Å². The van der Waals surface area contributed by atoms with Crippen LogP contribution >= 0.6 is 0 Å². The van der Waals surface area contributed by atoms with Crippen molar-refractivity contribution in [2.45, 2.75) is 27.4 Å². The fraction of sp³-hybridized carbons (Fsp3) is 0.217. The summed E-state index contributed by atoms with van der Waals surface area (Å²) in [6, 6.07) is 10.4. The third-order valence-corrected chi connectivity index (χ3v) is 4.80. The standard InChI is InChI=1S/C23H21N3O6/c1-12-7-17(14(3)31-12)19-9-18(21-13(2)26-32-22(21)25-19)23(28)30-10-15-5-4-6-16(8-15)29-11-20(24)27/h4-9H,10-11H2,1-3H3,(H2,24,27). The zero-order valence-corrected chi connectivity index (χ0v) is 17.8. The number of fused-ring (bicyclic) bond motifs is 1. The molecule has 4 aromatic rings. The summed E-state index contributed by atoms with van der Waals surface area (Å²) in [6.07, 6.45) is 0. The first-order valence-electron chi connectivity index (χ1n) is 9.83. The van der Waals surface area contributed by atoms with Crippen LogP contribution in [0.5, 0.6) is 5.75 Å². The Morgan fingerprint density at radius 1 is 1.12 bits per heavy atom. The van der Waals surface area contributed by atoms with Crippen LogP contribution in [0.4, 0.5) is 0 Å². The molecule has 0 aliphatic rings. The smallest absolute Gasteiger partial charge is 0.339 e. The number of nitrogens with zero attached hydrogens (tertiary/aromatic N) is 2. The van der Waals surface area contributed by atoms with Crippen LogP contribution in [0.25, 0.3) is 22.4 Å². The van der Waals surface area contributed by atoms with Gasteiger partial charge in [-0.05, 0) is 50.6 Å². The third kappa shape index (κ3) is 4.31. The number of benzene rings is 1. The number of esters is 1. The van der Waals surface area contributed by atoms with Crippen molar-refractivity contribution in [2.75, 3.05) is 6.61 Å². The van der Waals surface area contributed by atoms with Gasteiger partial charge in [-0.2, -0.15) is 0 Å². The molecular weight excluding hydrogens is 414 g/mol. The molecule has 0 aliphatic heterocycles. The van der Waals surface area contributed by atoms with E-state index in [9.17, 15) is 9.59 Å². The molecule has 0 bridgehead atoms. The van der Waals surface area contributed by atoms with Crippen molar-refractivity contribution >= 4 is 23.0 Å². The molecule has 32 heavy (non-hydrogen) atoms. The van der Waals surface area contributed by atoms with Crippen molar-refractivity contribution in [3.63, 3.8) is 0 Å². The number of nitrogens with two attached hydrogens (primary N) is 1. The van der Waals surface area contributed by atoms with Gasteiger partial charge in [0.2, 0.25) is 0 Å². The van der Waals surface area contributed by atoms with Gasteiger partial charge in [0.15, 0.2) is 6.61 Å². The number of aromatic nitrogens is 2. The van der Waals surface area contributed by atoms with E-state index in [0.29, 0.717) is 39.4 Å². The number of rotatable bonds is 7. The molecular formula is C23H21N3O6. The van der Waals surface area contributed by atoms with Crippen LogP contribution in [0.1, 0.15) is 33.1 Å². The number of aryl methyl sites for hydroxylation is 3. The topological polar surface area (TPSA) is 131 Å². The second kappa shape index (κ2) is 8.54. The second-order valence-electron chi connectivity index (χ2n) is 7.31. The number of primary amides is 1. The van der Waals surface area contributed by atoms with Gasteiger partial charge in [-0.25, -0.2) is 9.78 Å². The summed E-state index contributed by atoms with van der Waals surface area (Å²) in [5.74, 6) is 0.734. The molecule has 0 fully saturated rings. The molecule has 9 nitrogen and oxygen atoms in total. The Morgan fingerprint density at radius 3 is 2.66 bits per heavy atom. The molecule has 3 heterocycles. The Morgan fingerprint density at radius 2 is 1.94 bits per heavy atom. The molecule has 0 aliphatic carbocycles. The van der Waals surface area contributed by atoms with Gasteiger partial charge in [0, 0.05) is 5.56 Å². The van der Waals surface area contributed by atoms with E-state index in [1.165, 1.54) is 0 Å². The predicted octanol–water partition coefficient (Wildman–Crippen LogP) is 3.63. The highest BCUT2D eigenvalue weighted by Gasteiger charge is 2.22. The Labute approximate surface area is 183 Å². The molecule has 0 saturated heterocycles. The number of hydrogen-bond acceptors (Lipinski definition) is 8. The van der Waals surface area contributed by atoms with Crippen LogP contribution < -0.4 is 10.5 Å². The number of amides is 1. The summed E-state index contributed by atoms with van der Waals surface area (Å²) in [5, 5.41) is 4.44. The van der Waals surface area contributed by atoms with Crippen molar-refractivity contribution in [3.8, 4) is 17.0 Å². The highest BCUT2D eigenvalue weighted by molar-refractivity contribution is 6.04. The summed E-state index contributed by atoms with van der Waals surface area (Å²) in [5.41, 5.74) is 8.14. The molecule has 2 N–H and O–H groups in total. The highest BCUT2D eigenvalue weighted by Crippen LogP contribution is 2.31. The average Bonchev–Trinajstić information content (AvgIpc) is 3.31. The van der Waals surface area contributed by atoms with E-state index in [-0.39, 0.29) is 18.9 Å². The lowest BCUT2D eigenvalue weighted by Crippen LogP contribution is -2.20. The zero-order valence-electron chi connectivity index (χ0n) is 17.8. The van der Waals surface area contributed by atoms with E-state index in [1.807, 2.05) is 19.9 Å². The number of carbonyl (C=O) groups excluding carboxylic acids is 2. The Hall–Kier alpha value is -4.14. The largest absolute Gasteiger partial charge is 0.484 e. The lowest BCUT2D eigenvalue weighted by Gasteiger charge is -2.09. The van der Waals surface area contributed by atoms with E-state index in [1.54, 1.807) is 37.3 Å². The van der Waals surface area contributed by atoms with Crippen LogP contribution in [-0.2, 0) is 16.1 Å². The minimum absolute atomic E-state index is 0.0000713. The maximum atomic E-state index is 13.0. The van der Waals surface area contributed by atoms with E-state index in [4.69, 9.17) is 24.1 Å². The highest BCUT2D eigenvalue weighted by atomic mass is 16.5. The molecule has 1 aromatic carbocycles. The van der Waals surface area contributed by atoms with Crippen LogP contribution in [-0.4, -0.2) is 28.6 Å². The van der Waals surface area contributed by atoms with Gasteiger partial charge in [-0.3, -0.25) is 4.79 Å². The lowest BCUT2D eigenvalue weighted by molar-refractivity contribution is -0.119. The first-order valence-corrected chi connectivity index (χ1v) is 9.83. The van der Waals surface area contributed by atoms with E-state index in [2.05, 4.69) is 10.1 Å². The van der Waals surface area contributed by atoms with Gasteiger partial charge in [0.25, 0.3) is 11.6 Å². The normalized spacial score (nSPS) is 11.0. The summed E-state index contributed by atoms with van der Waals surface area (Å²) in [4.78, 5) is 28.4. The summed E-state index contributed by atoms with van der Waals surface area (Å²) >= 11 is 0. The number of ether oxygens (including phenoxy) is 2. The number of pyridine rings is 1. The Kier molecular flexibility index (Phi) is 5.63. The fourth-order valence-electron chi connectivity index (χ4n) is 3.38. The van der Waals surface area contributed by atoms with Gasteiger partial charge >= 0.3 is 5.97 Å². The monoisotopic (exact) mass is 435 g/mol. The van der Waals surface area contributed by atoms with Crippen LogP contribution in [0.15, 0.2) is 45.3 Å². The van der Waals surface area contributed by atoms with Crippen molar-refractivity contribution in [1.82, 2.24) is 10.1 Å². The van der Waals surface area contributed by atoms with Crippen molar-refractivity contribution in [3.05, 3.63) is 64.7 Å². The second-order valence-corrected chi connectivity index (χ2v) is 7.31. The fourth-order valence-corrected chi connectivity index (χ4v) is 3.38. The number of furan rings is 1. The number of hydrogen-bond donors (Lipinski definition) is 1. The maximum Gasteiger partial charge on any atom is 0.339 e. The molecule has 0 spiro atoms. The summed E-state index contributed by atoms with van der Waals surface area (Å²) < 4.78 is 21.7. The van der Waals surface area contributed by atoms with E-state index >= 15 is 0 Å². The van der Waals surface area contributed by atoms with Gasteiger partial charge in [-0.1, -0.05) is 17.3 Å². The molecule has 0 radical (unpaired) electrons. The Balaban J connectivity index is 1.61. The predicted molar refractivity (Wildman–Crippen MR) is 114 cm³/mol. The zero-order chi connectivity index (χ0) is 22.8. The molecule has 9 heteroatoms. The number of carbonyl (C=O) groups is 2. The maximum absolute atomic E-state index is 13.0. The van der Waals surface area contributed by atoms with Crippen LogP contribution in [0, 0.1) is 20.8 Å². The van der Waals surface area contributed by atoms with Crippen LogP contribution in [0.2, 0.25) is 0 Å². The minimum atomic E-state index is -0.577. The molecule has 4 rings (SSSR count). The first-order chi connectivity index (χ1) is 15.3. The lowest BCUT2D eigenvalue weighted by atomic mass is 10.1. The third-order valence-electron chi connectivity index (χ3n) is 4.80. The SMILES string of the molecule is Cc1cc(-c2cc(C(=O)OCc3cccc(OCC(N)=O)c3)c3c(C)noc3n2)c(C)o1. The quantitative estimate of drug-likeness (QED) is 0.436. The first kappa shape index (κ1) is 21.1. The van der Waals surface area contributed by atoms with Crippen molar-refractivity contribution in [1.29, 1.82) is 0 Å². The van der Waals surface area contributed by atoms with Gasteiger partial charge in [-0.15, -0.1) is 0 Å². The molecule has 0 unspecified atom stereocenters. The molecule has 1 amide bonds. The summed E-state index contributed by atoms with van der Waals surface area (Å²) in [7, 11) is 0.